The molecule has 198 valence electrons. The summed E-state index contributed by atoms with van der Waals surface area (Å²) < 4.78 is 18.6. The van der Waals surface area contributed by atoms with Crippen molar-refractivity contribution in [1.82, 2.24) is 19.1 Å². The Balaban J connectivity index is 1.13. The van der Waals surface area contributed by atoms with Gasteiger partial charge in [-0.2, -0.15) is 0 Å². The summed E-state index contributed by atoms with van der Waals surface area (Å²) in [5.41, 5.74) is 8.63. The van der Waals surface area contributed by atoms with Crippen molar-refractivity contribution in [3.05, 3.63) is 81.5 Å². The van der Waals surface area contributed by atoms with Crippen molar-refractivity contribution in [3.8, 4) is 11.1 Å². The van der Waals surface area contributed by atoms with E-state index in [-0.39, 0.29) is 16.2 Å². The fraction of sp³-hybridized carbons (Fsp3) is 0.333. The number of rotatable bonds is 2. The van der Waals surface area contributed by atoms with Crippen molar-refractivity contribution in [2.24, 2.45) is 5.41 Å². The summed E-state index contributed by atoms with van der Waals surface area (Å²) in [6.07, 6.45) is 4.97. The van der Waals surface area contributed by atoms with Crippen LogP contribution in [0.25, 0.3) is 27.9 Å². The number of aromatic nitrogens is 3. The lowest BCUT2D eigenvalue weighted by Gasteiger charge is -2.46. The highest BCUT2D eigenvalue weighted by Gasteiger charge is 2.56. The molecule has 3 aliphatic rings. The Morgan fingerprint density at radius 1 is 1.03 bits per heavy atom. The van der Waals surface area contributed by atoms with Crippen LogP contribution >= 0.6 is 23.2 Å². The largest absolute Gasteiger partial charge is 0.597 e. The summed E-state index contributed by atoms with van der Waals surface area (Å²) in [7, 11) is 0. The number of halogens is 2. The molecule has 5 aromatic rings. The van der Waals surface area contributed by atoms with Gasteiger partial charge in [0.2, 0.25) is 0 Å². The van der Waals surface area contributed by atoms with E-state index in [1.807, 2.05) is 30.5 Å². The molecule has 3 aromatic heterocycles. The molecule has 5 heterocycles. The average Bonchev–Trinajstić information content (AvgIpc) is 3.61. The van der Waals surface area contributed by atoms with E-state index in [4.69, 9.17) is 33.2 Å². The third-order valence-corrected chi connectivity index (χ3v) is 11.8. The summed E-state index contributed by atoms with van der Waals surface area (Å²) in [6.45, 7) is 5.96. The molecule has 0 radical (unpaired) electrons. The van der Waals surface area contributed by atoms with Crippen molar-refractivity contribution in [3.63, 3.8) is 0 Å². The van der Waals surface area contributed by atoms with E-state index in [0.29, 0.717) is 10.0 Å². The third kappa shape index (κ3) is 3.25. The molecule has 0 unspecified atom stereocenters. The Bertz CT molecular complexity index is 1780. The van der Waals surface area contributed by atoms with Crippen molar-refractivity contribution < 1.29 is 4.55 Å². The second-order valence-electron chi connectivity index (χ2n) is 11.7. The van der Waals surface area contributed by atoms with Crippen LogP contribution in [0.3, 0.4) is 0 Å². The number of hydrogen-bond donors (Lipinski definition) is 1. The number of hydrogen-bond acceptors (Lipinski definition) is 5. The minimum atomic E-state index is -1.13. The maximum atomic E-state index is 13.3. The number of pyridine rings is 1. The van der Waals surface area contributed by atoms with E-state index in [1.165, 1.54) is 16.7 Å². The molecule has 1 spiro atoms. The molecule has 6 nitrogen and oxygen atoms in total. The first kappa shape index (κ1) is 24.3. The highest BCUT2D eigenvalue weighted by Crippen LogP contribution is 2.57. The highest BCUT2D eigenvalue weighted by atomic mass is 35.5. The zero-order chi connectivity index (χ0) is 26.7. The second kappa shape index (κ2) is 8.24. The Labute approximate surface area is 240 Å². The molecule has 2 aliphatic heterocycles. The van der Waals surface area contributed by atoms with Gasteiger partial charge in [-0.1, -0.05) is 53.5 Å². The van der Waals surface area contributed by atoms with E-state index in [0.717, 1.165) is 66.1 Å². The molecule has 39 heavy (non-hydrogen) atoms. The summed E-state index contributed by atoms with van der Waals surface area (Å²) in [6, 6.07) is 16.5. The quantitative estimate of drug-likeness (QED) is 0.238. The summed E-state index contributed by atoms with van der Waals surface area (Å²) in [5.74, 6) is 0.971. The standard InChI is InChI=1S/C30H27Cl2N5OS/c1-29(2)20-7-3-5-17-15-30(26(24(17)20)35-39(29)38)11-13-36(14-12-30)28-22-16-33-27-19(9-10-23(34-28)37(22)27)18-6-4-8-21(31)25(18)32/h3-10,16,26,35H,11-15H2,1-2H3/t26-,39-/m1/s1. The molecule has 9 heteroatoms. The van der Waals surface area contributed by atoms with Gasteiger partial charge in [0.05, 0.1) is 22.3 Å². The van der Waals surface area contributed by atoms with Gasteiger partial charge in [0.1, 0.15) is 16.8 Å². The minimum Gasteiger partial charge on any atom is -0.597 e. The number of nitrogens with zero attached hydrogens (tertiary/aromatic N) is 4. The lowest BCUT2D eigenvalue weighted by Crippen LogP contribution is -2.52. The molecular weight excluding hydrogens is 549 g/mol. The van der Waals surface area contributed by atoms with Crippen molar-refractivity contribution >= 4 is 57.2 Å². The van der Waals surface area contributed by atoms with Crippen LogP contribution in [0, 0.1) is 5.41 Å². The average molecular weight is 577 g/mol. The highest BCUT2D eigenvalue weighted by molar-refractivity contribution is 7.90. The van der Waals surface area contributed by atoms with Crippen molar-refractivity contribution in [2.75, 3.05) is 18.0 Å². The topological polar surface area (TPSA) is 68.5 Å². The van der Waals surface area contributed by atoms with Crippen LogP contribution in [-0.4, -0.2) is 32.0 Å². The first-order chi connectivity index (χ1) is 18.8. The van der Waals surface area contributed by atoms with Gasteiger partial charge in [0, 0.05) is 46.6 Å². The van der Waals surface area contributed by atoms with Gasteiger partial charge in [-0.25, -0.2) is 9.97 Å². The summed E-state index contributed by atoms with van der Waals surface area (Å²) >= 11 is 11.8. The number of imidazole rings is 2. The molecule has 2 atom stereocenters. The number of nitrogens with one attached hydrogen (secondary N) is 1. The van der Waals surface area contributed by atoms with Gasteiger partial charge in [-0.05, 0) is 62.4 Å². The zero-order valence-electron chi connectivity index (χ0n) is 21.7. The molecule has 0 bridgehead atoms. The lowest BCUT2D eigenvalue weighted by molar-refractivity contribution is 0.173. The Morgan fingerprint density at radius 2 is 1.82 bits per heavy atom. The molecule has 2 aromatic carbocycles. The van der Waals surface area contributed by atoms with E-state index in [2.05, 4.69) is 46.1 Å². The first-order valence-corrected chi connectivity index (χ1v) is 15.3. The minimum absolute atomic E-state index is 0.0658. The zero-order valence-corrected chi connectivity index (χ0v) is 24.0. The van der Waals surface area contributed by atoms with Gasteiger partial charge in [0.15, 0.2) is 10.6 Å². The van der Waals surface area contributed by atoms with E-state index >= 15 is 0 Å². The third-order valence-electron chi connectivity index (χ3n) is 9.36. The fourth-order valence-electron chi connectivity index (χ4n) is 7.23. The van der Waals surface area contributed by atoms with E-state index in [1.54, 1.807) is 6.07 Å². The monoisotopic (exact) mass is 575 g/mol. The van der Waals surface area contributed by atoms with E-state index < -0.39 is 11.4 Å². The van der Waals surface area contributed by atoms with Crippen LogP contribution in [0.2, 0.25) is 10.0 Å². The van der Waals surface area contributed by atoms with Gasteiger partial charge in [-0.3, -0.25) is 4.40 Å². The predicted octanol–water partition coefficient (Wildman–Crippen LogP) is 6.68. The van der Waals surface area contributed by atoms with Crippen LogP contribution in [0.5, 0.6) is 0 Å². The lowest BCUT2D eigenvalue weighted by atomic mass is 9.72. The Kier molecular flexibility index (Phi) is 5.13. The van der Waals surface area contributed by atoms with Gasteiger partial charge < -0.3 is 9.45 Å². The van der Waals surface area contributed by atoms with Crippen LogP contribution in [0.4, 0.5) is 5.82 Å². The summed E-state index contributed by atoms with van der Waals surface area (Å²) in [4.78, 5) is 12.2. The smallest absolute Gasteiger partial charge is 0.164 e. The molecule has 0 amide bonds. The van der Waals surface area contributed by atoms with Crippen LogP contribution < -0.4 is 9.62 Å². The second-order valence-corrected chi connectivity index (χ2v) is 14.3. The summed E-state index contributed by atoms with van der Waals surface area (Å²) in [5, 5.41) is 1.06. The van der Waals surface area contributed by atoms with Gasteiger partial charge in [0.25, 0.3) is 0 Å². The normalized spacial score (nSPS) is 23.3. The number of piperidine rings is 1. The van der Waals surface area contributed by atoms with E-state index in [9.17, 15) is 4.55 Å². The number of anilines is 1. The number of fused-ring (bicyclic) bond motifs is 1. The predicted molar refractivity (Wildman–Crippen MR) is 158 cm³/mol. The molecule has 8 rings (SSSR count). The van der Waals surface area contributed by atoms with Crippen LogP contribution in [0.15, 0.2) is 54.7 Å². The maximum Gasteiger partial charge on any atom is 0.164 e. The van der Waals surface area contributed by atoms with Crippen molar-refractivity contribution in [2.45, 2.75) is 43.9 Å². The molecule has 0 saturated carbocycles. The molecule has 1 fully saturated rings. The first-order valence-electron chi connectivity index (χ1n) is 13.4. The molecule has 1 N–H and O–H groups in total. The fourth-order valence-corrected chi connectivity index (χ4v) is 8.89. The Hall–Kier alpha value is -2.55. The van der Waals surface area contributed by atoms with Crippen LogP contribution in [-0.2, 0) is 22.5 Å². The van der Waals surface area contributed by atoms with Crippen LogP contribution in [0.1, 0.15) is 49.4 Å². The van der Waals surface area contributed by atoms with Gasteiger partial charge in [-0.15, -0.1) is 4.72 Å². The van der Waals surface area contributed by atoms with Crippen molar-refractivity contribution in [1.29, 1.82) is 0 Å². The Morgan fingerprint density at radius 3 is 2.64 bits per heavy atom. The van der Waals surface area contributed by atoms with Gasteiger partial charge >= 0.3 is 0 Å². The number of benzene rings is 2. The molecule has 1 aliphatic carbocycles. The SMILES string of the molecule is CC1(C)c2cccc3c2[C@@H](N[S@+]1[O-])C1(CCN(c2nc4ccc(-c5cccc(Cl)c5Cl)c5ncc2n45)CC1)C3. The molecular formula is C30H27Cl2N5OS. The molecule has 1 saturated heterocycles. The maximum absolute atomic E-state index is 13.3.